The van der Waals surface area contributed by atoms with Crippen LogP contribution in [0, 0.1) is 6.92 Å². The van der Waals surface area contributed by atoms with E-state index in [9.17, 15) is 0 Å². The van der Waals surface area contributed by atoms with Gasteiger partial charge in [-0.15, -0.1) is 0 Å². The molecule has 3 N–H and O–H groups in total. The second kappa shape index (κ2) is 5.36. The van der Waals surface area contributed by atoms with Crippen molar-refractivity contribution in [1.82, 2.24) is 9.97 Å². The molecule has 4 nitrogen and oxygen atoms in total. The van der Waals surface area contributed by atoms with Crippen LogP contribution in [0.3, 0.4) is 0 Å². The number of aryl methyl sites for hydroxylation is 1. The van der Waals surface area contributed by atoms with Crippen LogP contribution >= 0.6 is 0 Å². The van der Waals surface area contributed by atoms with E-state index in [1.807, 2.05) is 38.4 Å². The van der Waals surface area contributed by atoms with Crippen molar-refractivity contribution in [3.8, 4) is 11.1 Å². The van der Waals surface area contributed by atoms with Gasteiger partial charge in [0.2, 0.25) is 5.95 Å². The summed E-state index contributed by atoms with van der Waals surface area (Å²) >= 11 is 0. The minimum Gasteiger partial charge on any atom is -0.352 e. The topological polar surface area (TPSA) is 63.8 Å². The first-order chi connectivity index (χ1) is 8.96. The lowest BCUT2D eigenvalue weighted by atomic mass is 10.0. The minimum atomic E-state index is -0.280. The van der Waals surface area contributed by atoms with Gasteiger partial charge in [-0.3, -0.25) is 0 Å². The molecular formula is C15H20N4. The molecule has 0 atom stereocenters. The number of nitrogens with one attached hydrogen (secondary N) is 1. The van der Waals surface area contributed by atoms with Crippen LogP contribution in [-0.2, 0) is 0 Å². The van der Waals surface area contributed by atoms with Crippen molar-refractivity contribution < 1.29 is 0 Å². The number of anilines is 1. The number of aromatic nitrogens is 2. The van der Waals surface area contributed by atoms with E-state index in [0.29, 0.717) is 12.5 Å². The fourth-order valence-electron chi connectivity index (χ4n) is 1.76. The maximum absolute atomic E-state index is 5.91. The van der Waals surface area contributed by atoms with Crippen LogP contribution in [0.25, 0.3) is 11.1 Å². The number of hydrogen-bond donors (Lipinski definition) is 2. The Bertz CT molecular complexity index is 541. The molecule has 2 rings (SSSR count). The molecule has 0 saturated heterocycles. The Hall–Kier alpha value is -1.94. The van der Waals surface area contributed by atoms with E-state index in [0.717, 1.165) is 11.1 Å². The number of rotatable bonds is 4. The van der Waals surface area contributed by atoms with Gasteiger partial charge < -0.3 is 11.1 Å². The molecule has 2 aromatic rings. The zero-order valence-electron chi connectivity index (χ0n) is 11.6. The van der Waals surface area contributed by atoms with Crippen molar-refractivity contribution in [2.45, 2.75) is 26.3 Å². The highest BCUT2D eigenvalue weighted by molar-refractivity contribution is 5.65. The van der Waals surface area contributed by atoms with Crippen molar-refractivity contribution in [1.29, 1.82) is 0 Å². The van der Waals surface area contributed by atoms with Gasteiger partial charge in [-0.1, -0.05) is 24.3 Å². The fourth-order valence-corrected chi connectivity index (χ4v) is 1.76. The van der Waals surface area contributed by atoms with Crippen LogP contribution in [0.2, 0.25) is 0 Å². The second-order valence-corrected chi connectivity index (χ2v) is 5.45. The highest BCUT2D eigenvalue weighted by atomic mass is 15.1. The maximum atomic E-state index is 5.91. The quantitative estimate of drug-likeness (QED) is 0.882. The molecule has 0 bridgehead atoms. The summed E-state index contributed by atoms with van der Waals surface area (Å²) < 4.78 is 0. The molecule has 0 fully saturated rings. The summed E-state index contributed by atoms with van der Waals surface area (Å²) in [5, 5.41) is 3.13. The Morgan fingerprint density at radius 2 is 1.79 bits per heavy atom. The number of benzene rings is 1. The molecule has 0 amide bonds. The van der Waals surface area contributed by atoms with Gasteiger partial charge in [-0.25, -0.2) is 9.97 Å². The molecular weight excluding hydrogens is 236 g/mol. The van der Waals surface area contributed by atoms with E-state index < -0.39 is 0 Å². The third kappa shape index (κ3) is 3.76. The number of nitrogens with zero attached hydrogens (tertiary/aromatic N) is 2. The minimum absolute atomic E-state index is 0.280. The summed E-state index contributed by atoms with van der Waals surface area (Å²) in [6, 6.07) is 8.20. The van der Waals surface area contributed by atoms with E-state index in [2.05, 4.69) is 34.3 Å². The summed E-state index contributed by atoms with van der Waals surface area (Å²) in [5.74, 6) is 0.607. The van der Waals surface area contributed by atoms with Crippen molar-refractivity contribution in [3.05, 3.63) is 42.2 Å². The van der Waals surface area contributed by atoms with Gasteiger partial charge >= 0.3 is 0 Å². The molecule has 0 aliphatic rings. The Morgan fingerprint density at radius 1 is 1.16 bits per heavy atom. The van der Waals surface area contributed by atoms with Gasteiger partial charge in [-0.2, -0.15) is 0 Å². The highest BCUT2D eigenvalue weighted by Crippen LogP contribution is 2.21. The molecule has 0 unspecified atom stereocenters. The molecule has 0 radical (unpaired) electrons. The summed E-state index contributed by atoms with van der Waals surface area (Å²) in [6.07, 6.45) is 3.67. The fraction of sp³-hybridized carbons (Fsp3) is 0.333. The van der Waals surface area contributed by atoms with Gasteiger partial charge in [0.1, 0.15) is 0 Å². The lowest BCUT2D eigenvalue weighted by Gasteiger charge is -2.18. The van der Waals surface area contributed by atoms with Gasteiger partial charge in [0, 0.05) is 30.0 Å². The van der Waals surface area contributed by atoms with Crippen molar-refractivity contribution in [2.75, 3.05) is 11.9 Å². The first-order valence-corrected chi connectivity index (χ1v) is 6.36. The lowest BCUT2D eigenvalue weighted by Crippen LogP contribution is -2.39. The van der Waals surface area contributed by atoms with Crippen LogP contribution < -0.4 is 11.1 Å². The standard InChI is InChI=1S/C15H20N4/c1-11-6-4-5-7-13(11)12-8-17-14(18-9-12)19-10-15(2,3)16/h4-9H,10,16H2,1-3H3,(H,17,18,19). The molecule has 1 heterocycles. The maximum Gasteiger partial charge on any atom is 0.222 e. The average Bonchev–Trinajstić information content (AvgIpc) is 2.37. The molecule has 1 aromatic heterocycles. The smallest absolute Gasteiger partial charge is 0.222 e. The lowest BCUT2D eigenvalue weighted by molar-refractivity contribution is 0.547. The summed E-state index contributed by atoms with van der Waals surface area (Å²) in [7, 11) is 0. The third-order valence-corrected chi connectivity index (χ3v) is 2.81. The molecule has 0 aliphatic carbocycles. The van der Waals surface area contributed by atoms with E-state index in [1.54, 1.807) is 0 Å². The van der Waals surface area contributed by atoms with E-state index in [1.165, 1.54) is 5.56 Å². The van der Waals surface area contributed by atoms with Crippen LogP contribution in [-0.4, -0.2) is 22.1 Å². The van der Waals surface area contributed by atoms with E-state index in [-0.39, 0.29) is 5.54 Å². The Kier molecular flexibility index (Phi) is 3.81. The SMILES string of the molecule is Cc1ccccc1-c1cnc(NCC(C)(C)N)nc1. The van der Waals surface area contributed by atoms with E-state index in [4.69, 9.17) is 5.73 Å². The Labute approximate surface area is 114 Å². The predicted octanol–water partition coefficient (Wildman–Crippen LogP) is 2.60. The molecule has 100 valence electrons. The van der Waals surface area contributed by atoms with Gasteiger partial charge in [0.15, 0.2) is 0 Å². The van der Waals surface area contributed by atoms with Crippen LogP contribution in [0.4, 0.5) is 5.95 Å². The summed E-state index contributed by atoms with van der Waals surface area (Å²) in [6.45, 7) is 6.64. The summed E-state index contributed by atoms with van der Waals surface area (Å²) in [4.78, 5) is 8.64. The van der Waals surface area contributed by atoms with Gasteiger partial charge in [0.25, 0.3) is 0 Å². The second-order valence-electron chi connectivity index (χ2n) is 5.45. The molecule has 0 aliphatic heterocycles. The zero-order chi connectivity index (χ0) is 13.9. The first kappa shape index (κ1) is 13.5. The van der Waals surface area contributed by atoms with Crippen molar-refractivity contribution in [2.24, 2.45) is 5.73 Å². The average molecular weight is 256 g/mol. The Morgan fingerprint density at radius 3 is 2.37 bits per heavy atom. The van der Waals surface area contributed by atoms with E-state index >= 15 is 0 Å². The molecule has 0 spiro atoms. The Balaban J connectivity index is 2.13. The van der Waals surface area contributed by atoms with Crippen molar-refractivity contribution in [3.63, 3.8) is 0 Å². The van der Waals surface area contributed by atoms with Crippen LogP contribution in [0.1, 0.15) is 19.4 Å². The van der Waals surface area contributed by atoms with Crippen molar-refractivity contribution >= 4 is 5.95 Å². The van der Waals surface area contributed by atoms with Crippen LogP contribution in [0.15, 0.2) is 36.7 Å². The molecule has 19 heavy (non-hydrogen) atoms. The molecule has 1 aromatic carbocycles. The first-order valence-electron chi connectivity index (χ1n) is 6.36. The predicted molar refractivity (Wildman–Crippen MR) is 79.0 cm³/mol. The van der Waals surface area contributed by atoms with Gasteiger partial charge in [-0.05, 0) is 31.9 Å². The normalized spacial score (nSPS) is 11.4. The zero-order valence-corrected chi connectivity index (χ0v) is 11.6. The summed E-state index contributed by atoms with van der Waals surface area (Å²) in [5.41, 5.74) is 9.03. The third-order valence-electron chi connectivity index (χ3n) is 2.81. The number of hydrogen-bond acceptors (Lipinski definition) is 4. The van der Waals surface area contributed by atoms with Crippen LogP contribution in [0.5, 0.6) is 0 Å². The largest absolute Gasteiger partial charge is 0.352 e. The van der Waals surface area contributed by atoms with Gasteiger partial charge in [0.05, 0.1) is 0 Å². The molecule has 4 heteroatoms. The molecule has 0 saturated carbocycles. The highest BCUT2D eigenvalue weighted by Gasteiger charge is 2.10. The monoisotopic (exact) mass is 256 g/mol. The number of nitrogens with two attached hydrogens (primary N) is 1.